The monoisotopic (exact) mass is 659 g/mol. The fourth-order valence-electron chi connectivity index (χ4n) is 6.60. The molecule has 2 aliphatic rings. The average molecular weight is 660 g/mol. The van der Waals surface area contributed by atoms with E-state index in [-0.39, 0.29) is 42.5 Å². The lowest BCUT2D eigenvalue weighted by molar-refractivity contribution is -0.136. The van der Waals surface area contributed by atoms with Gasteiger partial charge in [0.1, 0.15) is 16.4 Å². The highest BCUT2D eigenvalue weighted by atomic mass is 32.2. The van der Waals surface area contributed by atoms with Crippen LogP contribution in [-0.4, -0.2) is 84.4 Å². The Kier molecular flexibility index (Phi) is 9.24. The van der Waals surface area contributed by atoms with Crippen LogP contribution < -0.4 is 14.9 Å². The number of rotatable bonds is 8. The second-order valence-electron chi connectivity index (χ2n) is 13.3. The zero-order valence-corrected chi connectivity index (χ0v) is 27.9. The first-order chi connectivity index (χ1) is 21.5. The van der Waals surface area contributed by atoms with Crippen LogP contribution in [-0.2, 0) is 34.2 Å². The van der Waals surface area contributed by atoms with Gasteiger partial charge in [-0.3, -0.25) is 13.9 Å². The maximum Gasteiger partial charge on any atom is 0.251 e. The number of amides is 2. The van der Waals surface area contributed by atoms with Crippen LogP contribution in [0.3, 0.4) is 0 Å². The molecule has 0 bridgehead atoms. The van der Waals surface area contributed by atoms with Gasteiger partial charge in [0.15, 0.2) is 0 Å². The van der Waals surface area contributed by atoms with Gasteiger partial charge in [-0.05, 0) is 62.1 Å². The molecule has 0 saturated carbocycles. The normalized spacial score (nSPS) is 20.4. The second-order valence-corrected chi connectivity index (χ2v) is 15.9. The van der Waals surface area contributed by atoms with Gasteiger partial charge < -0.3 is 25.2 Å². The topological polar surface area (TPSA) is 124 Å². The molecule has 1 aromatic heterocycles. The van der Waals surface area contributed by atoms with Gasteiger partial charge in [0.25, 0.3) is 5.91 Å². The average Bonchev–Trinajstić information content (AvgIpc) is 3.32. The van der Waals surface area contributed by atoms with Crippen molar-refractivity contribution in [1.82, 2.24) is 20.1 Å². The van der Waals surface area contributed by atoms with Crippen molar-refractivity contribution in [3.63, 3.8) is 0 Å². The molecule has 3 aromatic rings. The molecular formula is C33H43F2N5O5S. The molecule has 13 heteroatoms. The highest BCUT2D eigenvalue weighted by Gasteiger charge is 2.42. The number of aliphatic hydroxyl groups excluding tert-OH is 1. The van der Waals surface area contributed by atoms with Crippen molar-refractivity contribution in [3.05, 3.63) is 64.9 Å². The molecule has 3 heterocycles. The zero-order chi connectivity index (χ0) is 33.7. The van der Waals surface area contributed by atoms with Gasteiger partial charge in [-0.25, -0.2) is 17.2 Å². The smallest absolute Gasteiger partial charge is 0.251 e. The Morgan fingerprint density at radius 2 is 1.80 bits per heavy atom. The Morgan fingerprint density at radius 3 is 2.43 bits per heavy atom. The number of hydrogen-bond donors (Lipinski definition) is 3. The number of aliphatic hydroxyl groups is 1. The van der Waals surface area contributed by atoms with Crippen molar-refractivity contribution in [2.24, 2.45) is 5.92 Å². The third-order valence-electron chi connectivity index (χ3n) is 9.16. The summed E-state index contributed by atoms with van der Waals surface area (Å²) < 4.78 is 57.6. The van der Waals surface area contributed by atoms with Crippen LogP contribution in [0.2, 0.25) is 0 Å². The van der Waals surface area contributed by atoms with Gasteiger partial charge in [0.2, 0.25) is 15.9 Å². The van der Waals surface area contributed by atoms with Gasteiger partial charge >= 0.3 is 0 Å². The van der Waals surface area contributed by atoms with Crippen LogP contribution in [0.4, 0.5) is 14.5 Å². The molecule has 3 N–H and O–H groups in total. The summed E-state index contributed by atoms with van der Waals surface area (Å²) in [6.45, 7) is 10.2. The van der Waals surface area contributed by atoms with E-state index in [0.717, 1.165) is 29.1 Å². The summed E-state index contributed by atoms with van der Waals surface area (Å²) in [4.78, 5) is 28.4. The van der Waals surface area contributed by atoms with Crippen molar-refractivity contribution in [2.75, 3.05) is 31.0 Å². The van der Waals surface area contributed by atoms with E-state index in [1.54, 1.807) is 38.7 Å². The number of carbonyl (C=O) groups is 2. The molecule has 250 valence electrons. The Labute approximate surface area is 268 Å². The van der Waals surface area contributed by atoms with Crippen LogP contribution in [0.1, 0.15) is 56.1 Å². The molecule has 0 unspecified atom stereocenters. The summed E-state index contributed by atoms with van der Waals surface area (Å²) in [5.41, 5.74) is 2.41. The van der Waals surface area contributed by atoms with E-state index >= 15 is 0 Å². The van der Waals surface area contributed by atoms with E-state index in [9.17, 15) is 31.9 Å². The number of aromatic nitrogens is 1. The SMILES string of the molecule is CCc1cn2c3c(cc(C(=O)N[C@@H](Cc4cc(F)cc(F)c4)[C@H](O)[C@H]4CN(C(=O)C(C)C)CCN4)cc13)N(C)S(=O)(=O)C(C)(C)C2. The molecule has 3 atom stereocenters. The maximum absolute atomic E-state index is 14.2. The van der Waals surface area contributed by atoms with Gasteiger partial charge in [0, 0.05) is 62.4 Å². The molecule has 2 aromatic carbocycles. The number of aryl methyl sites for hydroxylation is 1. The predicted octanol–water partition coefficient (Wildman–Crippen LogP) is 3.20. The minimum Gasteiger partial charge on any atom is -0.389 e. The first-order valence-electron chi connectivity index (χ1n) is 15.6. The van der Waals surface area contributed by atoms with Gasteiger partial charge in [-0.2, -0.15) is 0 Å². The Morgan fingerprint density at radius 1 is 1.13 bits per heavy atom. The summed E-state index contributed by atoms with van der Waals surface area (Å²) in [7, 11) is -2.33. The Balaban J connectivity index is 1.53. The minimum absolute atomic E-state index is 0.0643. The lowest BCUT2D eigenvalue weighted by atomic mass is 9.94. The number of piperazine rings is 1. The lowest BCUT2D eigenvalue weighted by Gasteiger charge is -2.39. The first kappa shape index (κ1) is 33.8. The quantitative estimate of drug-likeness (QED) is 0.342. The van der Waals surface area contributed by atoms with Crippen LogP contribution >= 0.6 is 0 Å². The molecule has 0 aliphatic carbocycles. The summed E-state index contributed by atoms with van der Waals surface area (Å²) >= 11 is 0. The van der Waals surface area contributed by atoms with Crippen LogP contribution in [0.25, 0.3) is 10.9 Å². The largest absolute Gasteiger partial charge is 0.389 e. The fraction of sp³-hybridized carbons (Fsp3) is 0.515. The zero-order valence-electron chi connectivity index (χ0n) is 27.1. The number of hydrogen-bond acceptors (Lipinski definition) is 6. The molecular weight excluding hydrogens is 616 g/mol. The van der Waals surface area contributed by atoms with Crippen molar-refractivity contribution in [3.8, 4) is 0 Å². The summed E-state index contributed by atoms with van der Waals surface area (Å²) in [6.07, 6.45) is 1.22. The highest BCUT2D eigenvalue weighted by molar-refractivity contribution is 7.94. The van der Waals surface area contributed by atoms with Crippen molar-refractivity contribution < 1.29 is 31.9 Å². The number of sulfonamides is 1. The van der Waals surface area contributed by atoms with Crippen LogP contribution in [0.5, 0.6) is 0 Å². The number of nitrogens with one attached hydrogen (secondary N) is 2. The first-order valence-corrected chi connectivity index (χ1v) is 17.1. The number of anilines is 1. The van der Waals surface area contributed by atoms with Gasteiger partial charge in [-0.1, -0.05) is 20.8 Å². The molecule has 0 radical (unpaired) electrons. The van der Waals surface area contributed by atoms with Crippen LogP contribution in [0.15, 0.2) is 36.5 Å². The van der Waals surface area contributed by atoms with Gasteiger partial charge in [0.05, 0.1) is 29.4 Å². The third-order valence-corrected chi connectivity index (χ3v) is 11.6. The Hall–Kier alpha value is -3.55. The standard InChI is InChI=1S/C33H43F2N5O5S/c1-7-21-16-40-18-33(4,5)46(44,45)38(6)28-14-22(13-25(21)29(28)40)31(42)37-26(12-20-10-23(34)15-24(35)11-20)30(41)27-17-39(9-8-36-27)32(43)19(2)3/h10-11,13-16,19,26-27,30,36,41H,7-9,12,17-18H2,1-6H3,(H,37,42)/t26-,27+,30-/m0/s1. The minimum atomic E-state index is -3.81. The Bertz CT molecular complexity index is 1750. The molecule has 0 spiro atoms. The van der Waals surface area contributed by atoms with Crippen molar-refractivity contribution in [1.29, 1.82) is 0 Å². The number of halogens is 2. The van der Waals surface area contributed by atoms with E-state index in [1.807, 2.05) is 17.7 Å². The van der Waals surface area contributed by atoms with Crippen molar-refractivity contribution >= 4 is 38.4 Å². The number of benzene rings is 2. The number of nitrogens with zero attached hydrogens (tertiary/aromatic N) is 3. The maximum atomic E-state index is 14.2. The lowest BCUT2D eigenvalue weighted by Crippen LogP contribution is -2.62. The van der Waals surface area contributed by atoms with E-state index in [1.165, 1.54) is 17.4 Å². The summed E-state index contributed by atoms with van der Waals surface area (Å²) in [5, 5.41) is 18.5. The molecule has 10 nitrogen and oxygen atoms in total. The molecule has 46 heavy (non-hydrogen) atoms. The summed E-state index contributed by atoms with van der Waals surface area (Å²) in [5.74, 6) is -2.47. The van der Waals surface area contributed by atoms with E-state index in [0.29, 0.717) is 30.7 Å². The van der Waals surface area contributed by atoms with E-state index < -0.39 is 50.5 Å². The van der Waals surface area contributed by atoms with Gasteiger partial charge in [-0.15, -0.1) is 0 Å². The third kappa shape index (κ3) is 6.24. The number of carbonyl (C=O) groups excluding carboxylic acids is 2. The predicted molar refractivity (Wildman–Crippen MR) is 173 cm³/mol. The molecule has 5 rings (SSSR count). The van der Waals surface area contributed by atoms with E-state index in [2.05, 4.69) is 10.6 Å². The molecule has 2 amide bonds. The molecule has 2 aliphatic heterocycles. The van der Waals surface area contributed by atoms with Crippen LogP contribution in [0, 0.1) is 17.6 Å². The second kappa shape index (κ2) is 12.6. The molecule has 1 saturated heterocycles. The molecule has 1 fully saturated rings. The fourth-order valence-corrected chi connectivity index (χ4v) is 8.04. The summed E-state index contributed by atoms with van der Waals surface area (Å²) in [6, 6.07) is 4.63. The van der Waals surface area contributed by atoms with Crippen molar-refractivity contribution in [2.45, 2.75) is 76.9 Å². The highest BCUT2D eigenvalue weighted by Crippen LogP contribution is 2.40. The van der Waals surface area contributed by atoms with E-state index in [4.69, 9.17) is 0 Å².